The van der Waals surface area contributed by atoms with Crippen LogP contribution in [0.25, 0.3) is 0 Å². The normalized spacial score (nSPS) is 10.5. The van der Waals surface area contributed by atoms with Gasteiger partial charge in [-0.05, 0) is 42.2 Å². The van der Waals surface area contributed by atoms with Gasteiger partial charge in [0, 0.05) is 4.90 Å². The molecule has 2 rings (SSSR count). The van der Waals surface area contributed by atoms with Gasteiger partial charge >= 0.3 is 5.97 Å². The van der Waals surface area contributed by atoms with E-state index in [1.807, 2.05) is 12.3 Å². The lowest BCUT2D eigenvalue weighted by atomic mass is 10.2. The van der Waals surface area contributed by atoms with Crippen LogP contribution in [0, 0.1) is 0 Å². The number of carbonyl (C=O) groups excluding carboxylic acids is 1. The van der Waals surface area contributed by atoms with Gasteiger partial charge < -0.3 is 4.74 Å². The predicted molar refractivity (Wildman–Crippen MR) is 88.8 cm³/mol. The molecular formula is C15H11Cl3O2S. The van der Waals surface area contributed by atoms with Crippen LogP contribution in [-0.2, 0) is 11.3 Å². The van der Waals surface area contributed by atoms with Gasteiger partial charge in [-0.3, -0.25) is 0 Å². The van der Waals surface area contributed by atoms with Crippen molar-refractivity contribution in [2.75, 3.05) is 6.26 Å². The summed E-state index contributed by atoms with van der Waals surface area (Å²) in [6.07, 6.45) is 1.92. The smallest absolute Gasteiger partial charge is 0.340 e. The van der Waals surface area contributed by atoms with Gasteiger partial charge in [-0.25, -0.2) is 4.79 Å². The van der Waals surface area contributed by atoms with Gasteiger partial charge in [-0.2, -0.15) is 0 Å². The summed E-state index contributed by atoms with van der Waals surface area (Å²) in [7, 11) is 0. The van der Waals surface area contributed by atoms with Crippen LogP contribution in [0.3, 0.4) is 0 Å². The van der Waals surface area contributed by atoms with Crippen molar-refractivity contribution in [2.45, 2.75) is 11.5 Å². The molecule has 0 N–H and O–H groups in total. The molecular weight excluding hydrogens is 351 g/mol. The Labute approximate surface area is 142 Å². The van der Waals surface area contributed by atoms with E-state index in [0.29, 0.717) is 20.6 Å². The van der Waals surface area contributed by atoms with Crippen LogP contribution in [0.15, 0.2) is 41.3 Å². The minimum absolute atomic E-state index is 0.107. The van der Waals surface area contributed by atoms with E-state index < -0.39 is 5.97 Å². The molecule has 2 aromatic carbocycles. The third kappa shape index (κ3) is 4.30. The standard InChI is InChI=1S/C15H11Cl3O2S/c1-21-10-3-5-12(16)11(7-10)15(19)20-8-9-2-4-13(17)14(18)6-9/h2-7H,8H2,1H3. The molecule has 0 atom stereocenters. The quantitative estimate of drug-likeness (QED) is 0.514. The molecule has 0 unspecified atom stereocenters. The maximum atomic E-state index is 12.1. The lowest BCUT2D eigenvalue weighted by molar-refractivity contribution is 0.0472. The number of esters is 1. The van der Waals surface area contributed by atoms with Crippen LogP contribution in [0.4, 0.5) is 0 Å². The second-order valence-electron chi connectivity index (χ2n) is 4.17. The number of carbonyl (C=O) groups is 1. The van der Waals surface area contributed by atoms with Crippen molar-refractivity contribution in [1.29, 1.82) is 0 Å². The third-order valence-electron chi connectivity index (χ3n) is 2.75. The molecule has 0 saturated heterocycles. The number of thioether (sulfide) groups is 1. The average molecular weight is 362 g/mol. The monoisotopic (exact) mass is 360 g/mol. The Morgan fingerprint density at radius 1 is 1.05 bits per heavy atom. The summed E-state index contributed by atoms with van der Waals surface area (Å²) in [6.45, 7) is 0.107. The first kappa shape index (κ1) is 16.5. The van der Waals surface area contributed by atoms with Gasteiger partial charge in [-0.1, -0.05) is 40.9 Å². The van der Waals surface area contributed by atoms with E-state index in [1.165, 1.54) is 11.8 Å². The molecule has 0 spiro atoms. The van der Waals surface area contributed by atoms with Crippen molar-refractivity contribution >= 4 is 52.5 Å². The molecule has 0 amide bonds. The highest BCUT2D eigenvalue weighted by Crippen LogP contribution is 2.25. The molecule has 0 aliphatic carbocycles. The van der Waals surface area contributed by atoms with Gasteiger partial charge in [0.05, 0.1) is 20.6 Å². The van der Waals surface area contributed by atoms with Crippen molar-refractivity contribution in [2.24, 2.45) is 0 Å². The van der Waals surface area contributed by atoms with Crippen molar-refractivity contribution in [3.8, 4) is 0 Å². The summed E-state index contributed by atoms with van der Waals surface area (Å²) >= 11 is 19.3. The van der Waals surface area contributed by atoms with E-state index in [1.54, 1.807) is 30.3 Å². The zero-order chi connectivity index (χ0) is 15.4. The number of benzene rings is 2. The van der Waals surface area contributed by atoms with Crippen molar-refractivity contribution in [3.05, 3.63) is 62.6 Å². The SMILES string of the molecule is CSc1ccc(Cl)c(C(=O)OCc2ccc(Cl)c(Cl)c2)c1. The van der Waals surface area contributed by atoms with Crippen molar-refractivity contribution in [1.82, 2.24) is 0 Å². The van der Waals surface area contributed by atoms with Crippen LogP contribution in [-0.4, -0.2) is 12.2 Å². The number of ether oxygens (including phenoxy) is 1. The van der Waals surface area contributed by atoms with E-state index in [-0.39, 0.29) is 6.61 Å². The first-order chi connectivity index (χ1) is 10.0. The van der Waals surface area contributed by atoms with Crippen LogP contribution in [0.5, 0.6) is 0 Å². The lowest BCUT2D eigenvalue weighted by Crippen LogP contribution is -2.06. The van der Waals surface area contributed by atoms with E-state index in [9.17, 15) is 4.79 Å². The summed E-state index contributed by atoms with van der Waals surface area (Å²) in [5.74, 6) is -0.470. The van der Waals surface area contributed by atoms with Crippen LogP contribution < -0.4 is 0 Å². The number of hydrogen-bond donors (Lipinski definition) is 0. The molecule has 6 heteroatoms. The fourth-order valence-electron chi connectivity index (χ4n) is 1.64. The summed E-state index contributed by atoms with van der Waals surface area (Å²) in [4.78, 5) is 13.0. The molecule has 0 fully saturated rings. The van der Waals surface area contributed by atoms with Gasteiger partial charge in [0.25, 0.3) is 0 Å². The Hall–Kier alpha value is -0.870. The molecule has 110 valence electrons. The van der Waals surface area contributed by atoms with Gasteiger partial charge in [0.2, 0.25) is 0 Å². The topological polar surface area (TPSA) is 26.3 Å². The van der Waals surface area contributed by atoms with E-state index >= 15 is 0 Å². The molecule has 0 aromatic heterocycles. The highest BCUT2D eigenvalue weighted by atomic mass is 35.5. The summed E-state index contributed by atoms with van der Waals surface area (Å²) < 4.78 is 5.25. The van der Waals surface area contributed by atoms with Gasteiger partial charge in [-0.15, -0.1) is 11.8 Å². The molecule has 0 radical (unpaired) electrons. The summed E-state index contributed by atoms with van der Waals surface area (Å²) in [5, 5.41) is 1.25. The molecule has 2 aromatic rings. The van der Waals surface area contributed by atoms with Crippen LogP contribution in [0.1, 0.15) is 15.9 Å². The van der Waals surface area contributed by atoms with Gasteiger partial charge in [0.15, 0.2) is 0 Å². The molecule has 0 bridgehead atoms. The van der Waals surface area contributed by atoms with Crippen molar-refractivity contribution in [3.63, 3.8) is 0 Å². The highest BCUT2D eigenvalue weighted by molar-refractivity contribution is 7.98. The average Bonchev–Trinajstić information content (AvgIpc) is 2.48. The molecule has 0 saturated carbocycles. The molecule has 21 heavy (non-hydrogen) atoms. The Morgan fingerprint density at radius 3 is 2.43 bits per heavy atom. The second kappa shape index (κ2) is 7.41. The van der Waals surface area contributed by atoms with Crippen LogP contribution in [0.2, 0.25) is 15.1 Å². The van der Waals surface area contributed by atoms with E-state index in [0.717, 1.165) is 10.5 Å². The van der Waals surface area contributed by atoms with Crippen LogP contribution >= 0.6 is 46.6 Å². The molecule has 2 nitrogen and oxygen atoms in total. The zero-order valence-corrected chi connectivity index (χ0v) is 14.1. The number of hydrogen-bond acceptors (Lipinski definition) is 3. The van der Waals surface area contributed by atoms with Gasteiger partial charge in [0.1, 0.15) is 6.61 Å². The Bertz CT molecular complexity index is 674. The van der Waals surface area contributed by atoms with Crippen molar-refractivity contribution < 1.29 is 9.53 Å². The molecule has 0 aliphatic heterocycles. The Kier molecular flexibility index (Phi) is 5.82. The number of rotatable bonds is 4. The minimum atomic E-state index is -0.470. The molecule has 0 heterocycles. The Morgan fingerprint density at radius 2 is 1.76 bits per heavy atom. The maximum Gasteiger partial charge on any atom is 0.340 e. The predicted octanol–water partition coefficient (Wildman–Crippen LogP) is 5.73. The minimum Gasteiger partial charge on any atom is -0.457 e. The highest BCUT2D eigenvalue weighted by Gasteiger charge is 2.13. The summed E-state index contributed by atoms with van der Waals surface area (Å²) in [6, 6.07) is 10.3. The first-order valence-electron chi connectivity index (χ1n) is 5.96. The fraction of sp³-hybridized carbons (Fsp3) is 0.133. The summed E-state index contributed by atoms with van der Waals surface area (Å²) in [5.41, 5.74) is 1.11. The first-order valence-corrected chi connectivity index (χ1v) is 8.31. The largest absolute Gasteiger partial charge is 0.457 e. The van der Waals surface area contributed by atoms with E-state index in [2.05, 4.69) is 0 Å². The number of halogens is 3. The maximum absolute atomic E-state index is 12.1. The van der Waals surface area contributed by atoms with E-state index in [4.69, 9.17) is 39.5 Å². The third-order valence-corrected chi connectivity index (χ3v) is 4.54. The Balaban J connectivity index is 2.09. The second-order valence-corrected chi connectivity index (χ2v) is 6.27. The molecule has 0 aliphatic rings. The lowest BCUT2D eigenvalue weighted by Gasteiger charge is -2.08. The zero-order valence-electron chi connectivity index (χ0n) is 11.0. The fourth-order valence-corrected chi connectivity index (χ4v) is 2.60.